The molecule has 0 radical (unpaired) electrons. The maximum absolute atomic E-state index is 5.11. The summed E-state index contributed by atoms with van der Waals surface area (Å²) in [5.41, 5.74) is 1.87. The van der Waals surface area contributed by atoms with Crippen molar-refractivity contribution in [1.29, 1.82) is 0 Å². The standard InChI is InChI=1S/C18H19N7O/c1-26-15-12-21-17(22-13-15)24-7-9-25(10-8-24)18-20-6-4-16(23-18)14-3-2-5-19-11-14/h2-6,11-13H,7-10H2,1H3. The number of aromatic nitrogens is 5. The highest BCUT2D eigenvalue weighted by atomic mass is 16.5. The van der Waals surface area contributed by atoms with Crippen molar-refractivity contribution in [3.63, 3.8) is 0 Å². The molecule has 8 nitrogen and oxygen atoms in total. The zero-order valence-corrected chi connectivity index (χ0v) is 14.5. The van der Waals surface area contributed by atoms with Gasteiger partial charge in [0.05, 0.1) is 25.2 Å². The van der Waals surface area contributed by atoms with Gasteiger partial charge in [-0.05, 0) is 18.2 Å². The van der Waals surface area contributed by atoms with Gasteiger partial charge in [-0.3, -0.25) is 4.98 Å². The Labute approximate surface area is 151 Å². The second-order valence-corrected chi connectivity index (χ2v) is 5.88. The quantitative estimate of drug-likeness (QED) is 0.704. The highest BCUT2D eigenvalue weighted by Gasteiger charge is 2.21. The molecule has 132 valence electrons. The Hall–Kier alpha value is -3.29. The number of methoxy groups -OCH3 is 1. The molecule has 1 aliphatic heterocycles. The van der Waals surface area contributed by atoms with Crippen molar-refractivity contribution in [2.75, 3.05) is 43.1 Å². The van der Waals surface area contributed by atoms with Crippen LogP contribution in [0.3, 0.4) is 0 Å². The monoisotopic (exact) mass is 349 g/mol. The Morgan fingerprint density at radius 1 is 0.846 bits per heavy atom. The van der Waals surface area contributed by atoms with E-state index in [0.29, 0.717) is 5.75 Å². The molecule has 0 N–H and O–H groups in total. The summed E-state index contributed by atoms with van der Waals surface area (Å²) in [6.45, 7) is 3.25. The maximum Gasteiger partial charge on any atom is 0.225 e. The first kappa shape index (κ1) is 16.2. The molecule has 4 rings (SSSR count). The van der Waals surface area contributed by atoms with E-state index in [-0.39, 0.29) is 0 Å². The minimum atomic E-state index is 0.660. The van der Waals surface area contributed by atoms with Crippen molar-refractivity contribution in [2.45, 2.75) is 0 Å². The topological polar surface area (TPSA) is 80.2 Å². The van der Waals surface area contributed by atoms with Crippen molar-refractivity contribution in [3.8, 4) is 17.0 Å². The SMILES string of the molecule is COc1cnc(N2CCN(c3nccc(-c4cccnc4)n3)CC2)nc1. The second-order valence-electron chi connectivity index (χ2n) is 5.88. The lowest BCUT2D eigenvalue weighted by Gasteiger charge is -2.34. The van der Waals surface area contributed by atoms with Crippen LogP contribution in [-0.4, -0.2) is 58.2 Å². The smallest absolute Gasteiger partial charge is 0.225 e. The van der Waals surface area contributed by atoms with Crippen LogP contribution in [0, 0.1) is 0 Å². The van der Waals surface area contributed by atoms with Crippen LogP contribution in [0.5, 0.6) is 5.75 Å². The van der Waals surface area contributed by atoms with Gasteiger partial charge in [-0.1, -0.05) is 0 Å². The van der Waals surface area contributed by atoms with Crippen molar-refractivity contribution >= 4 is 11.9 Å². The van der Waals surface area contributed by atoms with Gasteiger partial charge in [0.1, 0.15) is 0 Å². The molecule has 0 atom stereocenters. The molecular weight excluding hydrogens is 330 g/mol. The summed E-state index contributed by atoms with van der Waals surface area (Å²) in [5, 5.41) is 0. The van der Waals surface area contributed by atoms with Crippen LogP contribution in [0.2, 0.25) is 0 Å². The molecule has 0 unspecified atom stereocenters. The molecule has 0 saturated carbocycles. The Kier molecular flexibility index (Phi) is 4.55. The van der Waals surface area contributed by atoms with Crippen molar-refractivity contribution in [2.24, 2.45) is 0 Å². The van der Waals surface area contributed by atoms with Gasteiger partial charge in [0.25, 0.3) is 0 Å². The van der Waals surface area contributed by atoms with E-state index in [0.717, 1.165) is 49.3 Å². The van der Waals surface area contributed by atoms with Crippen LogP contribution in [0.4, 0.5) is 11.9 Å². The average Bonchev–Trinajstić information content (AvgIpc) is 2.75. The van der Waals surface area contributed by atoms with Gasteiger partial charge in [0.15, 0.2) is 5.75 Å². The molecule has 0 bridgehead atoms. The third-order valence-corrected chi connectivity index (χ3v) is 4.30. The summed E-state index contributed by atoms with van der Waals surface area (Å²) < 4.78 is 5.11. The normalized spacial score (nSPS) is 14.3. The van der Waals surface area contributed by atoms with Crippen LogP contribution in [-0.2, 0) is 0 Å². The number of hydrogen-bond acceptors (Lipinski definition) is 8. The van der Waals surface area contributed by atoms with Crippen LogP contribution >= 0.6 is 0 Å². The van der Waals surface area contributed by atoms with Gasteiger partial charge in [0.2, 0.25) is 11.9 Å². The first-order valence-corrected chi connectivity index (χ1v) is 8.43. The summed E-state index contributed by atoms with van der Waals surface area (Å²) in [6, 6.07) is 5.81. The van der Waals surface area contributed by atoms with Crippen LogP contribution < -0.4 is 14.5 Å². The summed E-state index contributed by atoms with van der Waals surface area (Å²) in [4.78, 5) is 26.3. The number of anilines is 2. The van der Waals surface area contributed by atoms with E-state index >= 15 is 0 Å². The Morgan fingerprint density at radius 2 is 1.58 bits per heavy atom. The fraction of sp³-hybridized carbons (Fsp3) is 0.278. The average molecular weight is 349 g/mol. The molecule has 0 amide bonds. The zero-order valence-electron chi connectivity index (χ0n) is 14.5. The molecule has 1 saturated heterocycles. The molecule has 0 spiro atoms. The van der Waals surface area contributed by atoms with E-state index in [2.05, 4.69) is 29.7 Å². The van der Waals surface area contributed by atoms with Crippen molar-refractivity contribution in [1.82, 2.24) is 24.9 Å². The highest BCUT2D eigenvalue weighted by molar-refractivity contribution is 5.58. The molecule has 1 aliphatic rings. The van der Waals surface area contributed by atoms with Crippen LogP contribution in [0.1, 0.15) is 0 Å². The van der Waals surface area contributed by atoms with E-state index in [1.165, 1.54) is 0 Å². The van der Waals surface area contributed by atoms with E-state index in [4.69, 9.17) is 9.72 Å². The second kappa shape index (κ2) is 7.30. The molecule has 1 fully saturated rings. The molecule has 8 heteroatoms. The van der Waals surface area contributed by atoms with Crippen LogP contribution in [0.25, 0.3) is 11.3 Å². The first-order valence-electron chi connectivity index (χ1n) is 8.43. The lowest BCUT2D eigenvalue weighted by molar-refractivity contribution is 0.410. The molecular formula is C18H19N7O. The maximum atomic E-state index is 5.11. The number of piperazine rings is 1. The third-order valence-electron chi connectivity index (χ3n) is 4.30. The predicted octanol–water partition coefficient (Wildman–Crippen LogP) is 1.66. The lowest BCUT2D eigenvalue weighted by atomic mass is 10.2. The molecule has 4 heterocycles. The minimum absolute atomic E-state index is 0.660. The Morgan fingerprint density at radius 3 is 2.23 bits per heavy atom. The Balaban J connectivity index is 1.44. The molecule has 0 aromatic carbocycles. The number of hydrogen-bond donors (Lipinski definition) is 0. The van der Waals surface area contributed by atoms with E-state index in [1.807, 2.05) is 24.4 Å². The fourth-order valence-electron chi connectivity index (χ4n) is 2.86. The number of ether oxygens (including phenoxy) is 1. The molecule has 26 heavy (non-hydrogen) atoms. The summed E-state index contributed by atoms with van der Waals surface area (Å²) in [5.74, 6) is 2.12. The summed E-state index contributed by atoms with van der Waals surface area (Å²) in [7, 11) is 1.61. The van der Waals surface area contributed by atoms with Crippen LogP contribution in [0.15, 0.2) is 49.2 Å². The van der Waals surface area contributed by atoms with Gasteiger partial charge < -0.3 is 14.5 Å². The van der Waals surface area contributed by atoms with E-state index in [1.54, 1.807) is 31.9 Å². The minimum Gasteiger partial charge on any atom is -0.494 e. The number of nitrogens with zero attached hydrogens (tertiary/aromatic N) is 7. The lowest BCUT2D eigenvalue weighted by Crippen LogP contribution is -2.47. The molecule has 3 aromatic rings. The predicted molar refractivity (Wildman–Crippen MR) is 98.3 cm³/mol. The first-order chi connectivity index (χ1) is 12.8. The molecule has 0 aliphatic carbocycles. The largest absolute Gasteiger partial charge is 0.494 e. The zero-order chi connectivity index (χ0) is 17.8. The number of rotatable bonds is 4. The van der Waals surface area contributed by atoms with Gasteiger partial charge >= 0.3 is 0 Å². The fourth-order valence-corrected chi connectivity index (χ4v) is 2.86. The summed E-state index contributed by atoms with van der Waals surface area (Å²) >= 11 is 0. The van der Waals surface area contributed by atoms with Gasteiger partial charge in [-0.15, -0.1) is 0 Å². The van der Waals surface area contributed by atoms with Crippen molar-refractivity contribution < 1.29 is 4.74 Å². The van der Waals surface area contributed by atoms with Gasteiger partial charge in [-0.2, -0.15) is 0 Å². The summed E-state index contributed by atoms with van der Waals surface area (Å²) in [6.07, 6.45) is 8.74. The van der Waals surface area contributed by atoms with Crippen molar-refractivity contribution in [3.05, 3.63) is 49.2 Å². The van der Waals surface area contributed by atoms with Gasteiger partial charge in [-0.25, -0.2) is 19.9 Å². The number of pyridine rings is 1. The third kappa shape index (κ3) is 3.39. The van der Waals surface area contributed by atoms with E-state index < -0.39 is 0 Å². The molecule has 3 aromatic heterocycles. The Bertz CT molecular complexity index is 849. The highest BCUT2D eigenvalue weighted by Crippen LogP contribution is 2.20. The van der Waals surface area contributed by atoms with Gasteiger partial charge in [0, 0.05) is 50.3 Å². The van der Waals surface area contributed by atoms with E-state index in [9.17, 15) is 0 Å².